The second kappa shape index (κ2) is 12.7. The summed E-state index contributed by atoms with van der Waals surface area (Å²) in [6, 6.07) is 45.2. The molecule has 0 spiro atoms. The Hall–Kier alpha value is -6.71. The molecule has 9 aromatic rings. The minimum absolute atomic E-state index is 0.0600. The SMILES string of the molecule is [2H]c1c([2H])c([2H])c2c(-c3ccc(-c4cccc(-c5nc(-c6ccccc6)nc(-c6ccc(-c7cccc8ccccc78)cc6)n5)c4)cc3)c([2H])c([2H])c([2H])c2c1[2H]. The van der Waals surface area contributed by atoms with E-state index in [0.717, 1.165) is 38.9 Å². The van der Waals surface area contributed by atoms with Crippen LogP contribution in [0.3, 0.4) is 0 Å². The van der Waals surface area contributed by atoms with E-state index in [4.69, 9.17) is 24.5 Å². The number of hydrogen-bond acceptors (Lipinski definition) is 3. The van der Waals surface area contributed by atoms with Crippen molar-refractivity contribution in [1.82, 2.24) is 15.0 Å². The third-order valence-corrected chi connectivity index (χ3v) is 8.85. The van der Waals surface area contributed by atoms with Crippen LogP contribution in [0.2, 0.25) is 0 Å². The van der Waals surface area contributed by atoms with Crippen molar-refractivity contribution in [3.8, 4) is 67.5 Å². The second-order valence-corrected chi connectivity index (χ2v) is 11.9. The molecule has 0 amide bonds. The molecule has 8 aromatic carbocycles. The van der Waals surface area contributed by atoms with E-state index in [2.05, 4.69) is 48.5 Å². The van der Waals surface area contributed by atoms with E-state index in [9.17, 15) is 0 Å². The van der Waals surface area contributed by atoms with Crippen molar-refractivity contribution in [3.05, 3.63) is 188 Å². The van der Waals surface area contributed by atoms with Gasteiger partial charge in [0.1, 0.15) is 0 Å². The van der Waals surface area contributed by atoms with Crippen molar-refractivity contribution in [3.63, 3.8) is 0 Å². The van der Waals surface area contributed by atoms with Gasteiger partial charge in [0.15, 0.2) is 17.5 Å². The van der Waals surface area contributed by atoms with Crippen LogP contribution in [0.25, 0.3) is 89.1 Å². The van der Waals surface area contributed by atoms with Gasteiger partial charge in [-0.05, 0) is 61.0 Å². The minimum Gasteiger partial charge on any atom is -0.208 e. The molecule has 0 aliphatic carbocycles. The number of nitrogens with zero attached hydrogens (tertiary/aromatic N) is 3. The van der Waals surface area contributed by atoms with Gasteiger partial charge in [-0.15, -0.1) is 0 Å². The molecule has 9 rings (SSSR count). The number of aromatic nitrogens is 3. The molecule has 50 heavy (non-hydrogen) atoms. The summed E-state index contributed by atoms with van der Waals surface area (Å²) < 4.78 is 59.1. The molecule has 0 saturated heterocycles. The Bertz CT molecular complexity index is 3010. The van der Waals surface area contributed by atoms with Gasteiger partial charge in [0.05, 0.1) is 9.60 Å². The molecule has 0 radical (unpaired) electrons. The van der Waals surface area contributed by atoms with E-state index < -0.39 is 30.2 Å². The van der Waals surface area contributed by atoms with Crippen molar-refractivity contribution >= 4 is 21.5 Å². The molecule has 0 aliphatic heterocycles. The van der Waals surface area contributed by atoms with Gasteiger partial charge in [0.25, 0.3) is 0 Å². The topological polar surface area (TPSA) is 38.7 Å². The van der Waals surface area contributed by atoms with Crippen molar-refractivity contribution in [2.45, 2.75) is 0 Å². The fourth-order valence-electron chi connectivity index (χ4n) is 6.32. The lowest BCUT2D eigenvalue weighted by molar-refractivity contribution is 1.07. The predicted molar refractivity (Wildman–Crippen MR) is 207 cm³/mol. The highest BCUT2D eigenvalue weighted by Crippen LogP contribution is 2.34. The third kappa shape index (κ3) is 5.61. The van der Waals surface area contributed by atoms with Crippen molar-refractivity contribution in [1.29, 1.82) is 0 Å². The van der Waals surface area contributed by atoms with E-state index in [1.807, 2.05) is 84.9 Å². The zero-order chi connectivity index (χ0) is 39.4. The van der Waals surface area contributed by atoms with Gasteiger partial charge in [-0.2, -0.15) is 0 Å². The smallest absolute Gasteiger partial charge is 0.164 e. The highest BCUT2D eigenvalue weighted by molar-refractivity contribution is 5.98. The van der Waals surface area contributed by atoms with E-state index in [1.165, 1.54) is 10.8 Å². The molecular formula is C47H31N3. The Morgan fingerprint density at radius 2 is 0.860 bits per heavy atom. The van der Waals surface area contributed by atoms with Crippen LogP contribution >= 0.6 is 0 Å². The lowest BCUT2D eigenvalue weighted by Gasteiger charge is -2.11. The zero-order valence-corrected chi connectivity index (χ0v) is 26.7. The summed E-state index contributed by atoms with van der Waals surface area (Å²) in [7, 11) is 0. The van der Waals surface area contributed by atoms with Gasteiger partial charge in [0, 0.05) is 16.7 Å². The molecular weight excluding hydrogens is 607 g/mol. The van der Waals surface area contributed by atoms with E-state index >= 15 is 0 Å². The molecule has 3 heteroatoms. The fraction of sp³-hybridized carbons (Fsp3) is 0. The number of benzene rings is 8. The Kier molecular flexibility index (Phi) is 5.80. The second-order valence-electron chi connectivity index (χ2n) is 11.9. The predicted octanol–water partition coefficient (Wildman–Crippen LogP) is 12.2. The number of rotatable bonds is 6. The van der Waals surface area contributed by atoms with Gasteiger partial charge >= 0.3 is 0 Å². The molecule has 0 fully saturated rings. The van der Waals surface area contributed by atoms with E-state index in [-0.39, 0.29) is 28.4 Å². The first kappa shape index (κ1) is 22.8. The highest BCUT2D eigenvalue weighted by Gasteiger charge is 2.14. The Labute approximate surface area is 301 Å². The summed E-state index contributed by atoms with van der Waals surface area (Å²) in [4.78, 5) is 14.8. The fourth-order valence-corrected chi connectivity index (χ4v) is 6.32. The lowest BCUT2D eigenvalue weighted by atomic mass is 9.96. The van der Waals surface area contributed by atoms with Gasteiger partial charge in [-0.25, -0.2) is 15.0 Å². The van der Waals surface area contributed by atoms with Crippen LogP contribution in [0.5, 0.6) is 0 Å². The Morgan fingerprint density at radius 3 is 1.66 bits per heavy atom. The average Bonchev–Trinajstić information content (AvgIpc) is 3.27. The van der Waals surface area contributed by atoms with Crippen LogP contribution in [0.4, 0.5) is 0 Å². The van der Waals surface area contributed by atoms with Gasteiger partial charge in [-0.3, -0.25) is 0 Å². The first-order valence-corrected chi connectivity index (χ1v) is 16.3. The maximum atomic E-state index is 8.75. The van der Waals surface area contributed by atoms with Crippen LogP contribution in [0.1, 0.15) is 9.60 Å². The number of fused-ring (bicyclic) bond motifs is 2. The zero-order valence-electron chi connectivity index (χ0n) is 33.7. The summed E-state index contributed by atoms with van der Waals surface area (Å²) in [5.74, 6) is 1.60. The maximum Gasteiger partial charge on any atom is 0.164 e. The Morgan fingerprint density at radius 1 is 0.320 bits per heavy atom. The summed E-state index contributed by atoms with van der Waals surface area (Å²) in [5.41, 5.74) is 7.17. The number of hydrogen-bond donors (Lipinski definition) is 0. The molecule has 3 nitrogen and oxygen atoms in total. The third-order valence-electron chi connectivity index (χ3n) is 8.85. The van der Waals surface area contributed by atoms with Gasteiger partial charge in [0.2, 0.25) is 0 Å². The standard InChI is InChI=1S/C47H31N3/c1-2-13-37(14-3-1)45-48-46(38-29-27-36(28-30-38)44-22-10-16-34-12-5-7-20-42(34)44)50-47(49-45)40-18-8-17-39(31-40)32-23-25-35(26-24-32)43-21-9-15-33-11-4-6-19-41(33)43/h1-31H/i4D,6D,9D,11D,15D,19D,21D. The normalized spacial score (nSPS) is 13.2. The molecule has 0 atom stereocenters. The molecule has 0 unspecified atom stereocenters. The lowest BCUT2D eigenvalue weighted by Crippen LogP contribution is -2.00. The average molecular weight is 645 g/mol. The van der Waals surface area contributed by atoms with Crippen molar-refractivity contribution < 1.29 is 9.60 Å². The van der Waals surface area contributed by atoms with Crippen LogP contribution < -0.4 is 0 Å². The summed E-state index contributed by atoms with van der Waals surface area (Å²) in [6.45, 7) is 0. The quantitative estimate of drug-likeness (QED) is 0.181. The maximum absolute atomic E-state index is 8.75. The van der Waals surface area contributed by atoms with Crippen LogP contribution in [0, 0.1) is 0 Å². The minimum atomic E-state index is -0.477. The summed E-state index contributed by atoms with van der Waals surface area (Å²) >= 11 is 0. The molecule has 1 heterocycles. The van der Waals surface area contributed by atoms with Gasteiger partial charge in [-0.1, -0.05) is 182 Å². The first-order chi connectivity index (χ1) is 27.7. The van der Waals surface area contributed by atoms with Crippen molar-refractivity contribution in [2.75, 3.05) is 0 Å². The molecule has 0 N–H and O–H groups in total. The Balaban J connectivity index is 1.10. The molecule has 0 aliphatic rings. The summed E-state index contributed by atoms with van der Waals surface area (Å²) in [6.07, 6.45) is 0. The first-order valence-electron chi connectivity index (χ1n) is 19.8. The molecule has 0 bridgehead atoms. The monoisotopic (exact) mass is 644 g/mol. The van der Waals surface area contributed by atoms with Crippen LogP contribution in [0.15, 0.2) is 188 Å². The van der Waals surface area contributed by atoms with E-state index in [1.54, 1.807) is 12.1 Å². The van der Waals surface area contributed by atoms with Crippen molar-refractivity contribution in [2.24, 2.45) is 0 Å². The largest absolute Gasteiger partial charge is 0.208 e. The van der Waals surface area contributed by atoms with Gasteiger partial charge < -0.3 is 0 Å². The molecule has 0 saturated carbocycles. The van der Waals surface area contributed by atoms with Crippen LogP contribution in [-0.2, 0) is 0 Å². The van der Waals surface area contributed by atoms with Crippen LogP contribution in [-0.4, -0.2) is 15.0 Å². The molecule has 1 aromatic heterocycles. The van der Waals surface area contributed by atoms with E-state index in [0.29, 0.717) is 23.0 Å². The summed E-state index contributed by atoms with van der Waals surface area (Å²) in [5, 5.41) is 2.36. The molecule has 234 valence electrons. The highest BCUT2D eigenvalue weighted by atomic mass is 15.0.